The fourth-order valence-electron chi connectivity index (χ4n) is 3.89. The van der Waals surface area contributed by atoms with Gasteiger partial charge in [-0.1, -0.05) is 23.7 Å². The molecule has 0 radical (unpaired) electrons. The van der Waals surface area contributed by atoms with Crippen LogP contribution in [-0.2, 0) is 9.59 Å². The van der Waals surface area contributed by atoms with Crippen molar-refractivity contribution >= 4 is 50.7 Å². The van der Waals surface area contributed by atoms with E-state index in [0.717, 1.165) is 0 Å². The Balaban J connectivity index is 1.96. The minimum atomic E-state index is -1.03. The average Bonchev–Trinajstić information content (AvgIpc) is 3.09. The third-order valence-corrected chi connectivity index (χ3v) is 6.33. The Kier molecular flexibility index (Phi) is 6.54. The minimum absolute atomic E-state index is 0.133. The lowest BCUT2D eigenvalue weighted by Gasteiger charge is -2.26. The number of hydrogen-bond acceptors (Lipinski definition) is 6. The van der Waals surface area contributed by atoms with E-state index in [1.54, 1.807) is 48.5 Å². The summed E-state index contributed by atoms with van der Waals surface area (Å²) in [6.07, 6.45) is 0. The fraction of sp³-hybridized carbons (Fsp3) is 0.120. The van der Waals surface area contributed by atoms with Gasteiger partial charge >= 0.3 is 0 Å². The van der Waals surface area contributed by atoms with Crippen molar-refractivity contribution in [1.29, 1.82) is 0 Å². The molecule has 4 rings (SSSR count). The second-order valence-electron chi connectivity index (χ2n) is 7.43. The number of methoxy groups -OCH3 is 2. The van der Waals surface area contributed by atoms with Crippen LogP contribution in [0.2, 0.25) is 5.02 Å². The van der Waals surface area contributed by atoms with Crippen LogP contribution < -0.4 is 14.4 Å². The number of benzene rings is 3. The number of aromatic hydroxyl groups is 1. The van der Waals surface area contributed by atoms with Gasteiger partial charge in [-0.05, 0) is 70.0 Å². The molecule has 0 saturated carbocycles. The summed E-state index contributed by atoms with van der Waals surface area (Å²) in [6, 6.07) is 14.8. The number of anilines is 1. The summed E-state index contributed by atoms with van der Waals surface area (Å²) in [5, 5.41) is 22.0. The first-order valence-electron chi connectivity index (χ1n) is 10.0. The molecule has 1 unspecified atom stereocenters. The van der Waals surface area contributed by atoms with E-state index in [4.69, 9.17) is 21.1 Å². The molecule has 3 aromatic carbocycles. The maximum atomic E-state index is 13.2. The Labute approximate surface area is 208 Å². The van der Waals surface area contributed by atoms with Crippen LogP contribution in [0.1, 0.15) is 17.2 Å². The number of Topliss-reactive ketones (excluding diaryl/α,β-unsaturated/α-hetero) is 1. The molecule has 1 aliphatic rings. The van der Waals surface area contributed by atoms with Gasteiger partial charge in [-0.3, -0.25) is 14.5 Å². The van der Waals surface area contributed by atoms with Gasteiger partial charge in [0.1, 0.15) is 11.5 Å². The van der Waals surface area contributed by atoms with Crippen molar-refractivity contribution in [2.75, 3.05) is 19.1 Å². The lowest BCUT2D eigenvalue weighted by atomic mass is 9.94. The largest absolute Gasteiger partial charge is 0.507 e. The van der Waals surface area contributed by atoms with Gasteiger partial charge in [0.2, 0.25) is 0 Å². The lowest BCUT2D eigenvalue weighted by molar-refractivity contribution is -0.132. The summed E-state index contributed by atoms with van der Waals surface area (Å²) in [5.74, 6) is -1.49. The molecular formula is C25H19BrClNO6. The lowest BCUT2D eigenvalue weighted by Crippen LogP contribution is -2.29. The number of aliphatic hydroxyl groups excluding tert-OH is 1. The molecule has 0 spiro atoms. The highest BCUT2D eigenvalue weighted by Gasteiger charge is 2.47. The summed E-state index contributed by atoms with van der Waals surface area (Å²) < 4.78 is 10.9. The second kappa shape index (κ2) is 9.40. The van der Waals surface area contributed by atoms with Crippen molar-refractivity contribution in [3.63, 3.8) is 0 Å². The molecule has 1 aliphatic heterocycles. The van der Waals surface area contributed by atoms with Crippen LogP contribution in [0.25, 0.3) is 5.76 Å². The van der Waals surface area contributed by atoms with Crippen molar-refractivity contribution in [1.82, 2.24) is 0 Å². The maximum Gasteiger partial charge on any atom is 0.300 e. The number of phenols is 1. The van der Waals surface area contributed by atoms with Crippen molar-refractivity contribution in [2.45, 2.75) is 6.04 Å². The number of phenolic OH excluding ortho intramolecular Hbond substituents is 1. The highest BCUT2D eigenvalue weighted by atomic mass is 79.9. The Bertz CT molecular complexity index is 1340. The number of amides is 1. The van der Waals surface area contributed by atoms with Crippen molar-refractivity contribution in [3.8, 4) is 17.2 Å². The van der Waals surface area contributed by atoms with Crippen molar-refractivity contribution < 1.29 is 29.3 Å². The topological polar surface area (TPSA) is 96.3 Å². The van der Waals surface area contributed by atoms with Crippen LogP contribution in [-0.4, -0.2) is 36.1 Å². The van der Waals surface area contributed by atoms with E-state index in [1.165, 1.54) is 31.3 Å². The zero-order valence-corrected chi connectivity index (χ0v) is 20.4. The van der Waals surface area contributed by atoms with E-state index in [9.17, 15) is 19.8 Å². The molecule has 0 aromatic heterocycles. The predicted molar refractivity (Wildman–Crippen MR) is 132 cm³/mol. The Morgan fingerprint density at radius 3 is 2.32 bits per heavy atom. The zero-order valence-electron chi connectivity index (χ0n) is 18.1. The van der Waals surface area contributed by atoms with E-state index >= 15 is 0 Å². The molecule has 1 atom stereocenters. The monoisotopic (exact) mass is 543 g/mol. The average molecular weight is 545 g/mol. The number of nitrogens with zero attached hydrogens (tertiary/aromatic N) is 1. The van der Waals surface area contributed by atoms with E-state index in [-0.39, 0.29) is 22.8 Å². The molecule has 174 valence electrons. The van der Waals surface area contributed by atoms with Crippen molar-refractivity contribution in [3.05, 3.63) is 86.9 Å². The summed E-state index contributed by atoms with van der Waals surface area (Å²) in [6.45, 7) is 0. The standard InChI is InChI=1S/C25H19BrClNO6/c1-33-19-8-7-14(10-17(19)26)23(30)21-22(13-6-9-20(34-2)18(29)11-13)28(25(32)24(21)31)16-5-3-4-15(27)12-16/h3-12,22,29-30H,1-2H3/b23-21-. The smallest absolute Gasteiger partial charge is 0.300 e. The molecule has 0 aliphatic carbocycles. The summed E-state index contributed by atoms with van der Waals surface area (Å²) in [7, 11) is 2.92. The van der Waals surface area contributed by atoms with Gasteiger partial charge in [0.15, 0.2) is 11.5 Å². The van der Waals surface area contributed by atoms with Gasteiger partial charge in [0, 0.05) is 16.3 Å². The van der Waals surface area contributed by atoms with Crippen LogP contribution >= 0.6 is 27.5 Å². The molecule has 1 fully saturated rings. The quantitative estimate of drug-likeness (QED) is 0.252. The second-order valence-corrected chi connectivity index (χ2v) is 8.72. The van der Waals surface area contributed by atoms with Gasteiger partial charge in [-0.25, -0.2) is 0 Å². The molecule has 2 N–H and O–H groups in total. The summed E-state index contributed by atoms with van der Waals surface area (Å²) >= 11 is 9.52. The SMILES string of the molecule is COc1ccc(C2/C(=C(/O)c3ccc(OC)c(Br)c3)C(=O)C(=O)N2c2cccc(Cl)c2)cc1O. The highest BCUT2D eigenvalue weighted by Crippen LogP contribution is 2.44. The van der Waals surface area contributed by atoms with E-state index < -0.39 is 17.7 Å². The molecule has 1 heterocycles. The molecule has 1 saturated heterocycles. The first-order valence-corrected chi connectivity index (χ1v) is 11.2. The molecule has 9 heteroatoms. The van der Waals surface area contributed by atoms with Gasteiger partial charge in [-0.2, -0.15) is 0 Å². The molecule has 1 amide bonds. The van der Waals surface area contributed by atoms with Crippen LogP contribution in [0.5, 0.6) is 17.2 Å². The predicted octanol–water partition coefficient (Wildman–Crippen LogP) is 5.45. The molecule has 0 bridgehead atoms. The number of halogens is 2. The normalized spacial score (nSPS) is 17.2. The molecule has 34 heavy (non-hydrogen) atoms. The Hall–Kier alpha value is -3.49. The number of carbonyl (C=O) groups is 2. The number of aliphatic hydroxyl groups is 1. The first kappa shape index (κ1) is 23.7. The van der Waals surface area contributed by atoms with Crippen LogP contribution in [0.3, 0.4) is 0 Å². The number of ketones is 1. The van der Waals surface area contributed by atoms with E-state index in [2.05, 4.69) is 15.9 Å². The van der Waals surface area contributed by atoms with Gasteiger partial charge in [-0.15, -0.1) is 0 Å². The summed E-state index contributed by atoms with van der Waals surface area (Å²) in [4.78, 5) is 27.7. The van der Waals surface area contributed by atoms with Crippen LogP contribution in [0.4, 0.5) is 5.69 Å². The molecule has 3 aromatic rings. The van der Waals surface area contributed by atoms with E-state index in [1.807, 2.05) is 0 Å². The van der Waals surface area contributed by atoms with E-state index in [0.29, 0.717) is 32.1 Å². The third kappa shape index (κ3) is 4.10. The fourth-order valence-corrected chi connectivity index (χ4v) is 4.61. The number of rotatable bonds is 5. The third-order valence-electron chi connectivity index (χ3n) is 5.47. The van der Waals surface area contributed by atoms with Gasteiger partial charge in [0.05, 0.1) is 30.3 Å². The minimum Gasteiger partial charge on any atom is -0.507 e. The molecular weight excluding hydrogens is 526 g/mol. The van der Waals surface area contributed by atoms with Crippen molar-refractivity contribution in [2.24, 2.45) is 0 Å². The highest BCUT2D eigenvalue weighted by molar-refractivity contribution is 9.10. The van der Waals surface area contributed by atoms with Crippen LogP contribution in [0, 0.1) is 0 Å². The number of ether oxygens (including phenoxy) is 2. The van der Waals surface area contributed by atoms with Crippen LogP contribution in [0.15, 0.2) is 70.7 Å². The first-order chi connectivity index (χ1) is 16.3. The zero-order chi connectivity index (χ0) is 24.6. The summed E-state index contributed by atoms with van der Waals surface area (Å²) in [5.41, 5.74) is 0.933. The number of carbonyl (C=O) groups excluding carboxylic acids is 2. The van der Waals surface area contributed by atoms with Gasteiger partial charge in [0.25, 0.3) is 11.7 Å². The molecule has 7 nitrogen and oxygen atoms in total. The van der Waals surface area contributed by atoms with Gasteiger partial charge < -0.3 is 19.7 Å². The number of hydrogen-bond donors (Lipinski definition) is 2. The maximum absolute atomic E-state index is 13.2. The Morgan fingerprint density at radius 2 is 1.71 bits per heavy atom. The Morgan fingerprint density at radius 1 is 1.00 bits per heavy atom.